The van der Waals surface area contributed by atoms with Gasteiger partial charge in [0.1, 0.15) is 16.6 Å². The highest BCUT2D eigenvalue weighted by atomic mass is 16.5. The van der Waals surface area contributed by atoms with E-state index in [0.717, 1.165) is 39.6 Å². The second-order valence-electron chi connectivity index (χ2n) is 7.40. The molecule has 0 radical (unpaired) electrons. The maximum atomic E-state index is 6.09. The maximum Gasteiger partial charge on any atom is 0.293 e. The Hall–Kier alpha value is -4.85. The van der Waals surface area contributed by atoms with Gasteiger partial charge in [-0.1, -0.05) is 65.9 Å². The van der Waals surface area contributed by atoms with E-state index < -0.39 is 0 Å². The minimum Gasteiger partial charge on any atom is -0.457 e. The predicted octanol–water partition coefficient (Wildman–Crippen LogP) is 4.25. The van der Waals surface area contributed by atoms with E-state index in [1.807, 2.05) is 83.5 Å². The van der Waals surface area contributed by atoms with Crippen LogP contribution >= 0.6 is 0 Å². The Morgan fingerprint density at radius 2 is 1.55 bits per heavy atom. The number of para-hydroxylation sites is 1. The third kappa shape index (κ3) is 3.49. The highest BCUT2D eigenvalue weighted by Crippen LogP contribution is 2.34. The summed E-state index contributed by atoms with van der Waals surface area (Å²) in [6.45, 7) is 0. The van der Waals surface area contributed by atoms with Gasteiger partial charge in [-0.15, -0.1) is 4.68 Å². The molecule has 0 aliphatic carbocycles. The lowest BCUT2D eigenvalue weighted by molar-refractivity contribution is -0.659. The molecule has 0 amide bonds. The zero-order valence-electron chi connectivity index (χ0n) is 17.4. The summed E-state index contributed by atoms with van der Waals surface area (Å²) in [5.41, 5.74) is 5.29. The Kier molecular flexibility index (Phi) is 4.58. The molecule has 0 saturated heterocycles. The van der Waals surface area contributed by atoms with Crippen LogP contribution in [0.5, 0.6) is 11.5 Å². The number of aromatic nitrogens is 7. The molecule has 0 unspecified atom stereocenters. The first kappa shape index (κ1) is 18.9. The SMILES string of the molecule is c1ccc(Oc2cccc(-c3c(-c4ccccc4)cnc4c(-[n+]5cnn[nH]5)cnn34)c2)cc1. The van der Waals surface area contributed by atoms with Crippen LogP contribution in [0.15, 0.2) is 104 Å². The summed E-state index contributed by atoms with van der Waals surface area (Å²) in [6, 6.07) is 27.9. The molecule has 158 valence electrons. The predicted molar refractivity (Wildman–Crippen MR) is 122 cm³/mol. The second kappa shape index (κ2) is 8.01. The summed E-state index contributed by atoms with van der Waals surface area (Å²) in [7, 11) is 0. The van der Waals surface area contributed by atoms with Gasteiger partial charge in [0.05, 0.1) is 11.9 Å². The lowest BCUT2D eigenvalue weighted by atomic mass is 10.0. The first-order valence-corrected chi connectivity index (χ1v) is 10.4. The number of H-pyrrole nitrogens is 1. The van der Waals surface area contributed by atoms with Crippen LogP contribution in [0.25, 0.3) is 33.7 Å². The highest BCUT2D eigenvalue weighted by Gasteiger charge is 2.20. The number of benzene rings is 3. The maximum absolute atomic E-state index is 6.09. The van der Waals surface area contributed by atoms with E-state index in [1.54, 1.807) is 17.2 Å². The van der Waals surface area contributed by atoms with Crippen molar-refractivity contribution in [1.82, 2.24) is 30.1 Å². The molecule has 3 heterocycles. The van der Waals surface area contributed by atoms with E-state index in [4.69, 9.17) is 9.72 Å². The van der Waals surface area contributed by atoms with Crippen LogP contribution in [0.3, 0.4) is 0 Å². The topological polar surface area (TPSA) is 84.9 Å². The zero-order chi connectivity index (χ0) is 22.0. The minimum absolute atomic E-state index is 0.676. The first-order valence-electron chi connectivity index (χ1n) is 10.4. The van der Waals surface area contributed by atoms with Gasteiger partial charge in [-0.3, -0.25) is 0 Å². The number of ether oxygens (including phenoxy) is 1. The molecule has 1 N–H and O–H groups in total. The van der Waals surface area contributed by atoms with Gasteiger partial charge < -0.3 is 4.74 Å². The molecule has 6 aromatic rings. The van der Waals surface area contributed by atoms with Crippen LogP contribution in [-0.4, -0.2) is 30.1 Å². The van der Waals surface area contributed by atoms with E-state index in [0.29, 0.717) is 5.65 Å². The first-order chi connectivity index (χ1) is 16.4. The molecule has 0 aliphatic heterocycles. The molecule has 0 fully saturated rings. The van der Waals surface area contributed by atoms with Gasteiger partial charge in [-0.25, -0.2) is 9.50 Å². The van der Waals surface area contributed by atoms with Crippen molar-refractivity contribution in [3.05, 3.63) is 104 Å². The number of nitrogens with one attached hydrogen (secondary N) is 1. The third-order valence-electron chi connectivity index (χ3n) is 5.32. The molecule has 0 saturated carbocycles. The summed E-state index contributed by atoms with van der Waals surface area (Å²) < 4.78 is 9.61. The summed E-state index contributed by atoms with van der Waals surface area (Å²) in [5.74, 6) is 1.52. The average molecular weight is 432 g/mol. The van der Waals surface area contributed by atoms with Crippen LogP contribution in [0, 0.1) is 0 Å². The fourth-order valence-electron chi connectivity index (χ4n) is 3.82. The third-order valence-corrected chi connectivity index (χ3v) is 5.32. The molecule has 0 aliphatic rings. The molecule has 33 heavy (non-hydrogen) atoms. The fraction of sp³-hybridized carbons (Fsp3) is 0. The van der Waals surface area contributed by atoms with Crippen molar-refractivity contribution in [2.45, 2.75) is 0 Å². The molecular formula is C25H18N7O+. The number of fused-ring (bicyclic) bond motifs is 1. The van der Waals surface area contributed by atoms with Crippen LogP contribution in [0.2, 0.25) is 0 Å². The average Bonchev–Trinajstić information content (AvgIpc) is 3.55. The van der Waals surface area contributed by atoms with E-state index >= 15 is 0 Å². The molecule has 0 atom stereocenters. The largest absolute Gasteiger partial charge is 0.457 e. The van der Waals surface area contributed by atoms with Crippen molar-refractivity contribution < 1.29 is 9.42 Å². The Labute approximate surface area is 188 Å². The molecule has 8 nitrogen and oxygen atoms in total. The molecule has 6 rings (SSSR count). The second-order valence-corrected chi connectivity index (χ2v) is 7.40. The highest BCUT2D eigenvalue weighted by molar-refractivity contribution is 5.83. The van der Waals surface area contributed by atoms with E-state index in [2.05, 4.69) is 32.8 Å². The lowest BCUT2D eigenvalue weighted by Gasteiger charge is -2.13. The van der Waals surface area contributed by atoms with Crippen molar-refractivity contribution in [2.24, 2.45) is 0 Å². The number of rotatable bonds is 5. The van der Waals surface area contributed by atoms with Gasteiger partial charge in [0, 0.05) is 17.3 Å². The molecule has 0 bridgehead atoms. The number of hydrogen-bond donors (Lipinski definition) is 1. The van der Waals surface area contributed by atoms with Gasteiger partial charge in [-0.2, -0.15) is 5.10 Å². The van der Waals surface area contributed by atoms with Crippen molar-refractivity contribution in [3.8, 4) is 39.6 Å². The van der Waals surface area contributed by atoms with Crippen molar-refractivity contribution >= 4 is 5.65 Å². The van der Waals surface area contributed by atoms with Crippen molar-refractivity contribution in [2.75, 3.05) is 0 Å². The smallest absolute Gasteiger partial charge is 0.293 e. The summed E-state index contributed by atoms with van der Waals surface area (Å²) >= 11 is 0. The van der Waals surface area contributed by atoms with Gasteiger partial charge in [-0.05, 0) is 29.8 Å². The monoisotopic (exact) mass is 432 g/mol. The van der Waals surface area contributed by atoms with Crippen molar-refractivity contribution in [3.63, 3.8) is 0 Å². The molecule has 3 aromatic carbocycles. The Morgan fingerprint density at radius 1 is 0.788 bits per heavy atom. The Bertz CT molecular complexity index is 1530. The van der Waals surface area contributed by atoms with E-state index in [1.165, 1.54) is 0 Å². The van der Waals surface area contributed by atoms with Gasteiger partial charge in [0.2, 0.25) is 0 Å². The van der Waals surface area contributed by atoms with Gasteiger partial charge in [0.15, 0.2) is 16.5 Å². The van der Waals surface area contributed by atoms with Crippen LogP contribution in [-0.2, 0) is 0 Å². The van der Waals surface area contributed by atoms with Crippen LogP contribution in [0.1, 0.15) is 0 Å². The fourth-order valence-corrected chi connectivity index (χ4v) is 3.82. The Balaban J connectivity index is 1.55. The molecule has 8 heteroatoms. The standard InChI is InChI=1S/C25H17N7O/c1-3-8-18(9-4-1)22-15-26-25-23(31-17-27-29-30-31)16-28-32(25)24(22)19-10-7-13-21(14-19)33-20-11-5-2-6-12-20/h1-17H/p+1. The summed E-state index contributed by atoms with van der Waals surface area (Å²) in [4.78, 5) is 4.72. The number of hydrogen-bond acceptors (Lipinski definition) is 5. The van der Waals surface area contributed by atoms with E-state index in [9.17, 15) is 0 Å². The normalized spacial score (nSPS) is 11.0. The van der Waals surface area contributed by atoms with E-state index in [-0.39, 0.29) is 0 Å². The lowest BCUT2D eigenvalue weighted by Crippen LogP contribution is -2.31. The number of nitrogens with zero attached hydrogens (tertiary/aromatic N) is 6. The minimum atomic E-state index is 0.676. The number of tetrazole rings is 1. The van der Waals surface area contributed by atoms with Gasteiger partial charge >= 0.3 is 0 Å². The summed E-state index contributed by atoms with van der Waals surface area (Å²) in [5, 5.41) is 15.1. The summed E-state index contributed by atoms with van der Waals surface area (Å²) in [6.07, 6.45) is 5.20. The molecular weight excluding hydrogens is 414 g/mol. The van der Waals surface area contributed by atoms with Crippen LogP contribution in [0.4, 0.5) is 0 Å². The Morgan fingerprint density at radius 3 is 2.33 bits per heavy atom. The number of aromatic amines is 1. The van der Waals surface area contributed by atoms with Gasteiger partial charge in [0.25, 0.3) is 6.33 Å². The quantitative estimate of drug-likeness (QED) is 0.412. The molecule has 0 spiro atoms. The molecule has 3 aromatic heterocycles. The van der Waals surface area contributed by atoms with Crippen LogP contribution < -0.4 is 9.42 Å². The van der Waals surface area contributed by atoms with Crippen molar-refractivity contribution in [1.29, 1.82) is 0 Å². The zero-order valence-corrected chi connectivity index (χ0v) is 17.4.